The van der Waals surface area contributed by atoms with Gasteiger partial charge in [-0.05, 0) is 36.8 Å². The Morgan fingerprint density at radius 2 is 1.70 bits per heavy atom. The molecule has 0 saturated heterocycles. The van der Waals surface area contributed by atoms with Crippen molar-refractivity contribution in [3.05, 3.63) is 60.2 Å². The summed E-state index contributed by atoms with van der Waals surface area (Å²) in [4.78, 5) is 11.5. The zero-order chi connectivity index (χ0) is 14.6. The van der Waals surface area contributed by atoms with Crippen LogP contribution in [-0.2, 0) is 11.2 Å². The van der Waals surface area contributed by atoms with Gasteiger partial charge in [0.2, 0.25) is 5.60 Å². The van der Waals surface area contributed by atoms with Crippen LogP contribution in [0.1, 0.15) is 12.5 Å². The highest BCUT2D eigenvalue weighted by Crippen LogP contribution is 2.23. The Kier molecular flexibility index (Phi) is 3.94. The van der Waals surface area contributed by atoms with Gasteiger partial charge in [0, 0.05) is 6.42 Å². The first-order valence-corrected chi connectivity index (χ1v) is 6.25. The summed E-state index contributed by atoms with van der Waals surface area (Å²) in [6, 6.07) is 15.3. The third-order valence-corrected chi connectivity index (χ3v) is 3.02. The number of hydrogen-bond donors (Lipinski definition) is 2. The molecular formula is C16H16O4. The largest absolute Gasteiger partial charge is 0.508 e. The van der Waals surface area contributed by atoms with Gasteiger partial charge in [0.15, 0.2) is 0 Å². The fraction of sp³-hybridized carbons (Fsp3) is 0.188. The van der Waals surface area contributed by atoms with E-state index in [1.54, 1.807) is 36.4 Å². The van der Waals surface area contributed by atoms with Gasteiger partial charge in [-0.1, -0.05) is 30.3 Å². The molecule has 2 rings (SSSR count). The van der Waals surface area contributed by atoms with Crippen LogP contribution in [0.15, 0.2) is 54.6 Å². The molecule has 20 heavy (non-hydrogen) atoms. The third-order valence-electron chi connectivity index (χ3n) is 3.02. The molecular weight excluding hydrogens is 256 g/mol. The van der Waals surface area contributed by atoms with E-state index in [1.807, 2.05) is 6.07 Å². The molecule has 2 aromatic rings. The zero-order valence-corrected chi connectivity index (χ0v) is 11.1. The molecule has 0 aliphatic carbocycles. The molecule has 2 N–H and O–H groups in total. The summed E-state index contributed by atoms with van der Waals surface area (Å²) >= 11 is 0. The van der Waals surface area contributed by atoms with E-state index >= 15 is 0 Å². The monoisotopic (exact) mass is 272 g/mol. The molecule has 4 nitrogen and oxygen atoms in total. The molecule has 0 spiro atoms. The van der Waals surface area contributed by atoms with Crippen molar-refractivity contribution >= 4 is 5.97 Å². The average molecular weight is 272 g/mol. The summed E-state index contributed by atoms with van der Waals surface area (Å²) in [5.74, 6) is -0.375. The van der Waals surface area contributed by atoms with Gasteiger partial charge in [0.05, 0.1) is 0 Å². The molecule has 0 saturated carbocycles. The van der Waals surface area contributed by atoms with Crippen molar-refractivity contribution in [2.75, 3.05) is 0 Å². The topological polar surface area (TPSA) is 66.8 Å². The van der Waals surface area contributed by atoms with Crippen molar-refractivity contribution in [2.24, 2.45) is 0 Å². The van der Waals surface area contributed by atoms with Crippen molar-refractivity contribution in [1.82, 2.24) is 0 Å². The van der Waals surface area contributed by atoms with E-state index in [1.165, 1.54) is 19.1 Å². The van der Waals surface area contributed by atoms with Crippen molar-refractivity contribution in [3.8, 4) is 11.5 Å². The second kappa shape index (κ2) is 5.65. The van der Waals surface area contributed by atoms with E-state index in [-0.39, 0.29) is 12.2 Å². The number of benzene rings is 2. The Balaban J connectivity index is 2.21. The van der Waals surface area contributed by atoms with Crippen LogP contribution in [-0.4, -0.2) is 21.8 Å². The van der Waals surface area contributed by atoms with Crippen LogP contribution in [0.5, 0.6) is 11.5 Å². The Morgan fingerprint density at radius 3 is 2.25 bits per heavy atom. The highest BCUT2D eigenvalue weighted by atomic mass is 16.5. The smallest absolute Gasteiger partial charge is 0.348 e. The van der Waals surface area contributed by atoms with Crippen molar-refractivity contribution in [2.45, 2.75) is 18.9 Å². The van der Waals surface area contributed by atoms with Crippen molar-refractivity contribution in [1.29, 1.82) is 0 Å². The van der Waals surface area contributed by atoms with E-state index < -0.39 is 11.6 Å². The number of rotatable bonds is 5. The van der Waals surface area contributed by atoms with Gasteiger partial charge in [0.1, 0.15) is 11.5 Å². The molecule has 104 valence electrons. The van der Waals surface area contributed by atoms with E-state index in [4.69, 9.17) is 4.74 Å². The lowest BCUT2D eigenvalue weighted by atomic mass is 9.96. The summed E-state index contributed by atoms with van der Waals surface area (Å²) < 4.78 is 5.64. The molecule has 0 amide bonds. The van der Waals surface area contributed by atoms with Crippen LogP contribution in [0.3, 0.4) is 0 Å². The molecule has 0 aliphatic rings. The van der Waals surface area contributed by atoms with E-state index in [2.05, 4.69) is 0 Å². The van der Waals surface area contributed by atoms with Gasteiger partial charge < -0.3 is 14.9 Å². The van der Waals surface area contributed by atoms with Gasteiger partial charge in [0.25, 0.3) is 0 Å². The zero-order valence-electron chi connectivity index (χ0n) is 11.1. The normalized spacial score (nSPS) is 13.4. The lowest BCUT2D eigenvalue weighted by Gasteiger charge is -2.26. The maximum atomic E-state index is 11.5. The van der Waals surface area contributed by atoms with Gasteiger partial charge in [-0.2, -0.15) is 0 Å². The predicted octanol–water partition coefficient (Wildman–Crippen LogP) is 2.86. The van der Waals surface area contributed by atoms with Crippen molar-refractivity contribution in [3.63, 3.8) is 0 Å². The first-order valence-electron chi connectivity index (χ1n) is 6.25. The summed E-state index contributed by atoms with van der Waals surface area (Å²) in [6.45, 7) is 1.54. The SMILES string of the molecule is C[C@](Cc1ccc(O)cc1)(Oc1ccccc1)C(=O)O. The predicted molar refractivity (Wildman–Crippen MR) is 74.9 cm³/mol. The molecule has 0 aromatic heterocycles. The molecule has 0 bridgehead atoms. The highest BCUT2D eigenvalue weighted by molar-refractivity contribution is 5.78. The minimum absolute atomic E-state index is 0.148. The molecule has 0 radical (unpaired) electrons. The second-order valence-electron chi connectivity index (χ2n) is 4.79. The lowest BCUT2D eigenvalue weighted by molar-refractivity contribution is -0.153. The van der Waals surface area contributed by atoms with Gasteiger partial charge >= 0.3 is 5.97 Å². The maximum Gasteiger partial charge on any atom is 0.348 e. The molecule has 0 heterocycles. The number of para-hydroxylation sites is 1. The summed E-state index contributed by atoms with van der Waals surface area (Å²) in [7, 11) is 0. The number of phenolic OH excluding ortho intramolecular Hbond substituents is 1. The minimum Gasteiger partial charge on any atom is -0.508 e. The van der Waals surface area contributed by atoms with Gasteiger partial charge in [-0.15, -0.1) is 0 Å². The molecule has 0 unspecified atom stereocenters. The number of aliphatic carboxylic acids is 1. The fourth-order valence-electron chi connectivity index (χ4n) is 1.91. The number of carbonyl (C=O) groups is 1. The average Bonchev–Trinajstić information content (AvgIpc) is 2.42. The first-order chi connectivity index (χ1) is 9.49. The molecule has 1 atom stereocenters. The minimum atomic E-state index is -1.36. The third kappa shape index (κ3) is 3.29. The van der Waals surface area contributed by atoms with E-state index in [0.717, 1.165) is 5.56 Å². The van der Waals surface area contributed by atoms with Crippen molar-refractivity contribution < 1.29 is 19.7 Å². The standard InChI is InChI=1S/C16H16O4/c1-16(15(18)19,20-14-5-3-2-4-6-14)11-12-7-9-13(17)10-8-12/h2-10,17H,11H2,1H3,(H,18,19)/t16-/m1/s1. The summed E-state index contributed by atoms with van der Waals surface area (Å²) in [5.41, 5.74) is -0.582. The van der Waals surface area contributed by atoms with Crippen LogP contribution < -0.4 is 4.74 Å². The van der Waals surface area contributed by atoms with Crippen LogP contribution in [0.2, 0.25) is 0 Å². The number of hydrogen-bond acceptors (Lipinski definition) is 3. The summed E-state index contributed by atoms with van der Waals surface area (Å²) in [5, 5.41) is 18.7. The van der Waals surface area contributed by atoms with Crippen LogP contribution in [0, 0.1) is 0 Å². The number of ether oxygens (including phenoxy) is 1. The maximum absolute atomic E-state index is 11.5. The fourth-order valence-corrected chi connectivity index (χ4v) is 1.91. The van der Waals surface area contributed by atoms with Crippen LogP contribution in [0.25, 0.3) is 0 Å². The molecule has 4 heteroatoms. The number of phenols is 1. The molecule has 0 fully saturated rings. The van der Waals surface area contributed by atoms with Gasteiger partial charge in [-0.3, -0.25) is 0 Å². The number of carboxylic acid groups (broad SMARTS) is 1. The number of carboxylic acids is 1. The quantitative estimate of drug-likeness (QED) is 0.878. The Morgan fingerprint density at radius 1 is 1.10 bits per heavy atom. The van der Waals surface area contributed by atoms with Crippen LogP contribution in [0.4, 0.5) is 0 Å². The number of aromatic hydroxyl groups is 1. The van der Waals surface area contributed by atoms with Gasteiger partial charge in [-0.25, -0.2) is 4.79 Å². The van der Waals surface area contributed by atoms with E-state index in [9.17, 15) is 15.0 Å². The molecule has 0 aliphatic heterocycles. The Labute approximate surface area is 117 Å². The van der Waals surface area contributed by atoms with Crippen LogP contribution >= 0.6 is 0 Å². The second-order valence-corrected chi connectivity index (χ2v) is 4.79. The summed E-state index contributed by atoms with van der Waals surface area (Å²) in [6.07, 6.45) is 0.206. The first kappa shape index (κ1) is 13.9. The van der Waals surface area contributed by atoms with E-state index in [0.29, 0.717) is 5.75 Å². The Bertz CT molecular complexity index is 577. The highest BCUT2D eigenvalue weighted by Gasteiger charge is 2.35. The molecule has 2 aromatic carbocycles. The lowest BCUT2D eigenvalue weighted by Crippen LogP contribution is -2.43. The Hall–Kier alpha value is -2.49.